The molecule has 0 saturated heterocycles. The largest absolute Gasteiger partial charge is 0.450 e. The summed E-state index contributed by atoms with van der Waals surface area (Å²) in [4.78, 5) is 26.9. The first-order valence-corrected chi connectivity index (χ1v) is 10.6. The fourth-order valence-electron chi connectivity index (χ4n) is 2.66. The highest BCUT2D eigenvalue weighted by Gasteiger charge is 2.02. The maximum Gasteiger partial charge on any atom is 0.413 e. The lowest BCUT2D eigenvalue weighted by Gasteiger charge is -2.06. The molecule has 0 bridgehead atoms. The average molecular weight is 385 g/mol. The molecule has 0 heterocycles. The van der Waals surface area contributed by atoms with Gasteiger partial charge in [0.15, 0.2) is 5.96 Å². The Hall–Kier alpha value is -1.79. The Balaban J connectivity index is 3.42. The van der Waals surface area contributed by atoms with E-state index >= 15 is 0 Å². The molecular weight excluding hydrogens is 344 g/mol. The van der Waals surface area contributed by atoms with E-state index in [0.717, 1.165) is 25.7 Å². The van der Waals surface area contributed by atoms with Crippen LogP contribution in [0.25, 0.3) is 0 Å². The van der Waals surface area contributed by atoms with Crippen molar-refractivity contribution in [1.29, 1.82) is 0 Å². The number of nitrogens with one attached hydrogen (secondary N) is 2. The fraction of sp³-hybridized carbons (Fsp3) is 0.850. The van der Waals surface area contributed by atoms with E-state index in [9.17, 15) is 9.59 Å². The molecule has 0 unspecified atom stereocenters. The molecule has 158 valence electrons. The quantitative estimate of drug-likeness (QED) is 0.213. The summed E-state index contributed by atoms with van der Waals surface area (Å²) in [5, 5.41) is 5.27. The molecule has 0 fully saturated rings. The minimum atomic E-state index is -0.595. The van der Waals surface area contributed by atoms with Gasteiger partial charge >= 0.3 is 6.09 Å². The van der Waals surface area contributed by atoms with Crippen molar-refractivity contribution in [3.63, 3.8) is 0 Å². The fourth-order valence-corrected chi connectivity index (χ4v) is 2.66. The van der Waals surface area contributed by atoms with Gasteiger partial charge in [-0.25, -0.2) is 4.79 Å². The Bertz CT molecular complexity index is 414. The van der Waals surface area contributed by atoms with Crippen LogP contribution < -0.4 is 16.4 Å². The van der Waals surface area contributed by atoms with E-state index in [-0.39, 0.29) is 18.5 Å². The number of rotatable bonds is 16. The highest BCUT2D eigenvalue weighted by molar-refractivity contribution is 5.92. The van der Waals surface area contributed by atoms with E-state index < -0.39 is 6.09 Å². The van der Waals surface area contributed by atoms with Crippen molar-refractivity contribution in [3.8, 4) is 0 Å². The third-order valence-electron chi connectivity index (χ3n) is 4.20. The minimum Gasteiger partial charge on any atom is -0.450 e. The normalized spacial score (nSPS) is 11.3. The molecule has 0 radical (unpaired) electrons. The zero-order chi connectivity index (χ0) is 20.2. The molecule has 0 saturated carbocycles. The number of alkyl carbamates (subject to hydrolysis) is 1. The number of unbranched alkanes of at least 4 members (excludes halogenated alkanes) is 9. The summed E-state index contributed by atoms with van der Waals surface area (Å²) in [6.45, 7) is 5.40. The van der Waals surface area contributed by atoms with E-state index in [1.165, 1.54) is 44.9 Å². The zero-order valence-electron chi connectivity index (χ0n) is 17.4. The van der Waals surface area contributed by atoms with E-state index in [4.69, 9.17) is 10.5 Å². The molecular formula is C20H40N4O3. The van der Waals surface area contributed by atoms with Gasteiger partial charge in [-0.1, -0.05) is 58.3 Å². The molecule has 0 aromatic heterocycles. The number of amides is 2. The molecule has 27 heavy (non-hydrogen) atoms. The van der Waals surface area contributed by atoms with Crippen LogP contribution in [0, 0.1) is 0 Å². The highest BCUT2D eigenvalue weighted by atomic mass is 16.5. The minimum absolute atomic E-state index is 0.0582. The number of hydrogen-bond donors (Lipinski definition) is 3. The third-order valence-corrected chi connectivity index (χ3v) is 4.20. The lowest BCUT2D eigenvalue weighted by molar-refractivity contribution is -0.121. The van der Waals surface area contributed by atoms with Gasteiger partial charge in [-0.3, -0.25) is 15.1 Å². The average Bonchev–Trinajstić information content (AvgIpc) is 2.63. The number of guanidine groups is 1. The first-order chi connectivity index (χ1) is 13.1. The topological polar surface area (TPSA) is 106 Å². The lowest BCUT2D eigenvalue weighted by atomic mass is 10.1. The second-order valence-corrected chi connectivity index (χ2v) is 6.75. The smallest absolute Gasteiger partial charge is 0.413 e. The van der Waals surface area contributed by atoms with Crippen molar-refractivity contribution in [2.75, 3.05) is 19.7 Å². The molecule has 0 aliphatic rings. The summed E-state index contributed by atoms with van der Waals surface area (Å²) in [7, 11) is 0. The van der Waals surface area contributed by atoms with E-state index in [1.54, 1.807) is 6.92 Å². The molecule has 0 aromatic carbocycles. The summed E-state index contributed by atoms with van der Waals surface area (Å²) in [6, 6.07) is 0. The summed E-state index contributed by atoms with van der Waals surface area (Å²) in [5.41, 5.74) is 5.56. The monoisotopic (exact) mass is 384 g/mol. The summed E-state index contributed by atoms with van der Waals surface area (Å²) in [5.74, 6) is 0.188. The predicted octanol–water partition coefficient (Wildman–Crippen LogP) is 3.86. The van der Waals surface area contributed by atoms with Crippen LogP contribution in [0.2, 0.25) is 0 Å². The number of carbonyl (C=O) groups excluding carboxylic acids is 2. The van der Waals surface area contributed by atoms with Gasteiger partial charge in [0.1, 0.15) is 0 Å². The number of ether oxygens (including phenoxy) is 1. The van der Waals surface area contributed by atoms with Gasteiger partial charge in [0.2, 0.25) is 5.91 Å². The molecule has 2 amide bonds. The summed E-state index contributed by atoms with van der Waals surface area (Å²) in [6.07, 6.45) is 13.0. The third kappa shape index (κ3) is 18.8. The van der Waals surface area contributed by atoms with Gasteiger partial charge in [0.25, 0.3) is 0 Å². The molecule has 0 aromatic rings. The van der Waals surface area contributed by atoms with Crippen LogP contribution in [0.3, 0.4) is 0 Å². The predicted molar refractivity (Wildman–Crippen MR) is 111 cm³/mol. The second-order valence-electron chi connectivity index (χ2n) is 6.75. The lowest BCUT2D eigenvalue weighted by Crippen LogP contribution is -2.37. The number of nitrogens with zero attached hydrogens (tertiary/aromatic N) is 1. The van der Waals surface area contributed by atoms with Crippen molar-refractivity contribution in [2.24, 2.45) is 10.7 Å². The highest BCUT2D eigenvalue weighted by Crippen LogP contribution is 2.10. The van der Waals surface area contributed by atoms with Gasteiger partial charge in [-0.15, -0.1) is 0 Å². The van der Waals surface area contributed by atoms with Crippen LogP contribution in [0.1, 0.15) is 90.9 Å². The Labute approximate surface area is 164 Å². The molecule has 7 heteroatoms. The molecule has 0 aliphatic heterocycles. The van der Waals surface area contributed by atoms with Crippen LogP contribution in [0.15, 0.2) is 4.99 Å². The Morgan fingerprint density at radius 3 is 2.15 bits per heavy atom. The summed E-state index contributed by atoms with van der Waals surface area (Å²) >= 11 is 0. The van der Waals surface area contributed by atoms with Gasteiger partial charge < -0.3 is 15.8 Å². The molecule has 0 spiro atoms. The van der Waals surface area contributed by atoms with Crippen molar-refractivity contribution < 1.29 is 14.3 Å². The van der Waals surface area contributed by atoms with Crippen molar-refractivity contribution >= 4 is 18.0 Å². The second kappa shape index (κ2) is 19.0. The summed E-state index contributed by atoms with van der Waals surface area (Å²) < 4.78 is 4.70. The van der Waals surface area contributed by atoms with Gasteiger partial charge in [0, 0.05) is 19.5 Å². The Kier molecular flexibility index (Phi) is 17.7. The Morgan fingerprint density at radius 1 is 0.889 bits per heavy atom. The van der Waals surface area contributed by atoms with E-state index in [2.05, 4.69) is 22.5 Å². The number of hydrogen-bond acceptors (Lipinski definition) is 4. The molecule has 0 atom stereocenters. The van der Waals surface area contributed by atoms with Crippen molar-refractivity contribution in [3.05, 3.63) is 0 Å². The van der Waals surface area contributed by atoms with Crippen LogP contribution in [0.4, 0.5) is 4.79 Å². The zero-order valence-corrected chi connectivity index (χ0v) is 17.4. The van der Waals surface area contributed by atoms with Crippen LogP contribution in [-0.2, 0) is 9.53 Å². The van der Waals surface area contributed by atoms with Crippen LogP contribution >= 0.6 is 0 Å². The van der Waals surface area contributed by atoms with E-state index in [0.29, 0.717) is 19.5 Å². The molecule has 0 aliphatic carbocycles. The van der Waals surface area contributed by atoms with Crippen LogP contribution in [0.5, 0.6) is 0 Å². The molecule has 4 N–H and O–H groups in total. The first-order valence-electron chi connectivity index (χ1n) is 10.6. The van der Waals surface area contributed by atoms with Gasteiger partial charge in [-0.05, 0) is 26.2 Å². The van der Waals surface area contributed by atoms with Gasteiger partial charge in [-0.2, -0.15) is 0 Å². The van der Waals surface area contributed by atoms with Gasteiger partial charge in [0.05, 0.1) is 6.61 Å². The Morgan fingerprint density at radius 2 is 1.52 bits per heavy atom. The maximum atomic E-state index is 11.8. The number of aliphatic imine (C=N–C) groups is 1. The maximum absolute atomic E-state index is 11.8. The van der Waals surface area contributed by atoms with E-state index in [1.807, 2.05) is 0 Å². The molecule has 0 rings (SSSR count). The SMILES string of the molecule is CCCCCCCCCCCC(=O)NCCCCN=C(N)NC(=O)OCC. The number of carbonyl (C=O) groups is 2. The standard InChI is InChI=1S/C20H40N4O3/c1-3-5-6-7-8-9-10-11-12-15-18(25)22-16-13-14-17-23-19(21)24-20(26)27-4-2/h3-17H2,1-2H3,(H,22,25)(H3,21,23,24,26). The van der Waals surface area contributed by atoms with Crippen molar-refractivity contribution in [2.45, 2.75) is 90.9 Å². The van der Waals surface area contributed by atoms with Crippen molar-refractivity contribution in [1.82, 2.24) is 10.6 Å². The number of nitrogens with two attached hydrogens (primary N) is 1. The molecule has 7 nitrogen and oxygen atoms in total. The van der Waals surface area contributed by atoms with Crippen LogP contribution in [-0.4, -0.2) is 37.7 Å². The first kappa shape index (κ1) is 25.2.